The van der Waals surface area contributed by atoms with E-state index in [1.807, 2.05) is 42.8 Å². The van der Waals surface area contributed by atoms with E-state index in [-0.39, 0.29) is 45.6 Å². The van der Waals surface area contributed by atoms with Crippen LogP contribution in [0.15, 0.2) is 47.4 Å². The van der Waals surface area contributed by atoms with Gasteiger partial charge in [-0.25, -0.2) is 4.98 Å². The summed E-state index contributed by atoms with van der Waals surface area (Å²) in [6.45, 7) is 7.77. The number of phenols is 2. The zero-order valence-electron chi connectivity index (χ0n) is 21.4. The van der Waals surface area contributed by atoms with Crippen LogP contribution >= 0.6 is 0 Å². The molecule has 3 N–H and O–H groups in total. The number of nitrogens with one attached hydrogen (secondary N) is 1. The number of aromatic nitrogens is 2. The Balaban J connectivity index is 1.61. The highest BCUT2D eigenvalue weighted by Crippen LogP contribution is 2.57. The standard InChI is InChI=1S/C28H27N3O6/c1-12-23(34)21(15(4)32)25-22(24(12)35)28(5)19(37-25)11-18(33)20(26(28)36)13(2)29-14(3)27-30-16-9-7-8-10-17(16)31(27)6/h7-11,14,29,34-35H,1-6H3/t14-,28-/m0/s1. The first kappa shape index (κ1) is 24.3. The van der Waals surface area contributed by atoms with Crippen molar-refractivity contribution in [3.05, 3.63) is 69.9 Å². The number of benzene rings is 2. The number of fused-ring (bicyclic) bond motifs is 4. The second kappa shape index (κ2) is 8.06. The van der Waals surface area contributed by atoms with E-state index in [1.54, 1.807) is 13.8 Å². The molecule has 1 aliphatic heterocycles. The normalized spacial score (nSPS) is 20.8. The smallest absolute Gasteiger partial charge is 0.194 e. The number of hydrogen-bond donors (Lipinski definition) is 3. The number of allylic oxidation sites excluding steroid dienone is 4. The summed E-state index contributed by atoms with van der Waals surface area (Å²) in [6, 6.07) is 7.37. The Kier molecular flexibility index (Phi) is 5.29. The Labute approximate surface area is 213 Å². The second-order valence-electron chi connectivity index (χ2n) is 9.77. The summed E-state index contributed by atoms with van der Waals surface area (Å²) in [4.78, 5) is 44.2. The largest absolute Gasteiger partial charge is 0.507 e. The average Bonchev–Trinajstić information content (AvgIpc) is 3.32. The van der Waals surface area contributed by atoms with Crippen molar-refractivity contribution >= 4 is 28.4 Å². The summed E-state index contributed by atoms with van der Waals surface area (Å²) in [7, 11) is 1.90. The number of ketones is 3. The Hall–Kier alpha value is -4.40. The summed E-state index contributed by atoms with van der Waals surface area (Å²) >= 11 is 0. The van der Waals surface area contributed by atoms with Crippen molar-refractivity contribution in [1.82, 2.24) is 14.9 Å². The second-order valence-corrected chi connectivity index (χ2v) is 9.77. The van der Waals surface area contributed by atoms with Crippen molar-refractivity contribution in [3.63, 3.8) is 0 Å². The molecule has 3 aromatic rings. The van der Waals surface area contributed by atoms with Gasteiger partial charge in [0.25, 0.3) is 0 Å². The molecule has 0 spiro atoms. The number of ether oxygens (including phenoxy) is 1. The van der Waals surface area contributed by atoms with Crippen LogP contribution in [0.5, 0.6) is 17.2 Å². The summed E-state index contributed by atoms with van der Waals surface area (Å²) < 4.78 is 7.76. The highest BCUT2D eigenvalue weighted by molar-refractivity contribution is 6.31. The van der Waals surface area contributed by atoms with Crippen molar-refractivity contribution in [2.45, 2.75) is 46.1 Å². The van der Waals surface area contributed by atoms with Gasteiger partial charge in [0.1, 0.15) is 39.8 Å². The minimum atomic E-state index is -1.56. The Bertz CT molecular complexity index is 1630. The van der Waals surface area contributed by atoms with Gasteiger partial charge in [-0.1, -0.05) is 12.1 Å². The number of hydrogen-bond acceptors (Lipinski definition) is 8. The lowest BCUT2D eigenvalue weighted by atomic mass is 9.70. The van der Waals surface area contributed by atoms with Gasteiger partial charge in [-0.05, 0) is 46.8 Å². The van der Waals surface area contributed by atoms with Crippen LogP contribution in [0.1, 0.15) is 61.0 Å². The fourth-order valence-electron chi connectivity index (χ4n) is 5.38. The monoisotopic (exact) mass is 501 g/mol. The van der Waals surface area contributed by atoms with E-state index in [4.69, 9.17) is 4.74 Å². The first-order valence-electron chi connectivity index (χ1n) is 11.9. The van der Waals surface area contributed by atoms with Crippen LogP contribution < -0.4 is 10.1 Å². The third-order valence-corrected chi connectivity index (χ3v) is 7.40. The molecule has 1 aliphatic carbocycles. The zero-order valence-corrected chi connectivity index (χ0v) is 21.4. The van der Waals surface area contributed by atoms with Gasteiger partial charge in [-0.3, -0.25) is 14.4 Å². The lowest BCUT2D eigenvalue weighted by molar-refractivity contribution is -0.123. The zero-order chi connectivity index (χ0) is 27.0. The van der Waals surface area contributed by atoms with Crippen molar-refractivity contribution in [1.29, 1.82) is 0 Å². The number of imidazole rings is 1. The fraction of sp³-hybridized carbons (Fsp3) is 0.286. The molecular weight excluding hydrogens is 474 g/mol. The molecule has 2 atom stereocenters. The third-order valence-electron chi connectivity index (χ3n) is 7.40. The van der Waals surface area contributed by atoms with Crippen LogP contribution in [-0.4, -0.2) is 37.1 Å². The summed E-state index contributed by atoms with van der Waals surface area (Å²) in [5.74, 6) is -1.79. The Morgan fingerprint density at radius 3 is 2.49 bits per heavy atom. The summed E-state index contributed by atoms with van der Waals surface area (Å²) in [5.41, 5.74) is 0.466. The van der Waals surface area contributed by atoms with Gasteiger partial charge in [0.2, 0.25) is 0 Å². The molecule has 1 aromatic heterocycles. The molecule has 9 nitrogen and oxygen atoms in total. The average molecular weight is 502 g/mol. The molecule has 0 fully saturated rings. The highest BCUT2D eigenvalue weighted by atomic mass is 16.5. The third kappa shape index (κ3) is 3.23. The predicted molar refractivity (Wildman–Crippen MR) is 136 cm³/mol. The van der Waals surface area contributed by atoms with Crippen molar-refractivity contribution in [2.75, 3.05) is 0 Å². The lowest BCUT2D eigenvalue weighted by Gasteiger charge is -2.29. The maximum absolute atomic E-state index is 14.0. The van der Waals surface area contributed by atoms with Crippen molar-refractivity contribution in [3.8, 4) is 17.2 Å². The molecule has 0 saturated heterocycles. The molecule has 190 valence electrons. The molecular formula is C28H27N3O6. The quantitative estimate of drug-likeness (QED) is 0.280. The molecule has 9 heteroatoms. The number of carbonyl (C=O) groups is 3. The van der Waals surface area contributed by atoms with E-state index in [9.17, 15) is 24.6 Å². The minimum absolute atomic E-state index is 0.000231. The number of rotatable bonds is 4. The number of phenolic OH excluding ortho intramolecular Hbond substituents is 2. The van der Waals surface area contributed by atoms with Crippen LogP contribution in [0.4, 0.5) is 0 Å². The number of aryl methyl sites for hydroxylation is 1. The molecule has 0 bridgehead atoms. The summed E-state index contributed by atoms with van der Waals surface area (Å²) in [5, 5.41) is 24.7. The van der Waals surface area contributed by atoms with Gasteiger partial charge in [0, 0.05) is 24.4 Å². The molecule has 0 amide bonds. The molecule has 2 aliphatic rings. The number of aromatic hydroxyl groups is 2. The van der Waals surface area contributed by atoms with E-state index in [0.29, 0.717) is 5.70 Å². The van der Waals surface area contributed by atoms with Crippen LogP contribution in [0.2, 0.25) is 0 Å². The first-order chi connectivity index (χ1) is 17.4. The van der Waals surface area contributed by atoms with Gasteiger partial charge in [0.05, 0.1) is 28.2 Å². The van der Waals surface area contributed by atoms with Gasteiger partial charge in [-0.15, -0.1) is 0 Å². The van der Waals surface area contributed by atoms with Crippen molar-refractivity contribution in [2.24, 2.45) is 7.05 Å². The van der Waals surface area contributed by atoms with Gasteiger partial charge in [-0.2, -0.15) is 0 Å². The maximum Gasteiger partial charge on any atom is 0.194 e. The van der Waals surface area contributed by atoms with Gasteiger partial charge >= 0.3 is 0 Å². The highest BCUT2D eigenvalue weighted by Gasteiger charge is 2.56. The Morgan fingerprint density at radius 1 is 1.16 bits per heavy atom. The minimum Gasteiger partial charge on any atom is -0.507 e. The molecule has 37 heavy (non-hydrogen) atoms. The molecule has 2 heterocycles. The van der Waals surface area contributed by atoms with Crippen LogP contribution in [0.3, 0.4) is 0 Å². The SMILES string of the molecule is CC(=O)c1c(O)c(C)c(O)c2c1OC1=CC(=O)C(=C(C)N[C@@H](C)c3nc4ccccc4n3C)C(=O)[C@@]12C. The number of Topliss-reactive ketones (excluding diaryl/α,β-unsaturated/α-hetero) is 2. The van der Waals surface area contributed by atoms with Crippen LogP contribution in [-0.2, 0) is 22.1 Å². The lowest BCUT2D eigenvalue weighted by Crippen LogP contribution is -2.41. The van der Waals surface area contributed by atoms with E-state index in [1.165, 1.54) is 19.9 Å². The Morgan fingerprint density at radius 2 is 1.84 bits per heavy atom. The molecule has 0 saturated carbocycles. The number of carbonyl (C=O) groups excluding carboxylic acids is 3. The molecule has 0 radical (unpaired) electrons. The van der Waals surface area contributed by atoms with Crippen molar-refractivity contribution < 1.29 is 29.3 Å². The number of para-hydroxylation sites is 2. The molecule has 5 rings (SSSR count). The van der Waals surface area contributed by atoms with E-state index >= 15 is 0 Å². The van der Waals surface area contributed by atoms with E-state index in [0.717, 1.165) is 16.9 Å². The predicted octanol–water partition coefficient (Wildman–Crippen LogP) is 3.81. The molecule has 0 unspecified atom stereocenters. The van der Waals surface area contributed by atoms with Crippen LogP contribution in [0, 0.1) is 6.92 Å². The molecule has 2 aromatic carbocycles. The van der Waals surface area contributed by atoms with E-state index < -0.39 is 28.5 Å². The van der Waals surface area contributed by atoms with Crippen LogP contribution in [0.25, 0.3) is 11.0 Å². The summed E-state index contributed by atoms with van der Waals surface area (Å²) in [6.07, 6.45) is 1.21. The first-order valence-corrected chi connectivity index (χ1v) is 11.9. The number of nitrogens with zero attached hydrogens (tertiary/aromatic N) is 2. The van der Waals surface area contributed by atoms with Gasteiger partial charge in [0.15, 0.2) is 17.3 Å². The van der Waals surface area contributed by atoms with Gasteiger partial charge < -0.3 is 24.8 Å². The maximum atomic E-state index is 14.0. The van der Waals surface area contributed by atoms with E-state index in [2.05, 4.69) is 10.3 Å². The fourth-order valence-corrected chi connectivity index (χ4v) is 5.38. The topological polar surface area (TPSA) is 131 Å².